The summed E-state index contributed by atoms with van der Waals surface area (Å²) in [5.41, 5.74) is 0. The SMILES string of the molecule is C=CCC(C)NCC(=C)Br. The van der Waals surface area contributed by atoms with Gasteiger partial charge in [0.25, 0.3) is 0 Å². The van der Waals surface area contributed by atoms with Crippen LogP contribution < -0.4 is 5.32 Å². The Labute approximate surface area is 71.3 Å². The first kappa shape index (κ1) is 9.92. The normalized spacial score (nSPS) is 12.6. The molecule has 0 aromatic carbocycles. The van der Waals surface area contributed by atoms with E-state index in [1.807, 2.05) is 6.08 Å². The van der Waals surface area contributed by atoms with Gasteiger partial charge in [0.15, 0.2) is 0 Å². The average molecular weight is 204 g/mol. The Bertz CT molecular complexity index is 120. The standard InChI is InChI=1S/C8H14BrN/c1-4-5-8(3)10-6-7(2)9/h4,8,10H,1-2,5-6H2,3H3. The minimum atomic E-state index is 0.492. The van der Waals surface area contributed by atoms with Gasteiger partial charge in [0.05, 0.1) is 0 Å². The van der Waals surface area contributed by atoms with E-state index in [-0.39, 0.29) is 0 Å². The van der Waals surface area contributed by atoms with Crippen molar-refractivity contribution in [3.8, 4) is 0 Å². The molecule has 0 rings (SSSR count). The lowest BCUT2D eigenvalue weighted by molar-refractivity contribution is 0.589. The van der Waals surface area contributed by atoms with Crippen molar-refractivity contribution in [1.82, 2.24) is 5.32 Å². The highest BCUT2D eigenvalue weighted by molar-refractivity contribution is 9.11. The van der Waals surface area contributed by atoms with Gasteiger partial charge in [-0.15, -0.1) is 6.58 Å². The van der Waals surface area contributed by atoms with Crippen LogP contribution in [0.4, 0.5) is 0 Å². The van der Waals surface area contributed by atoms with E-state index in [9.17, 15) is 0 Å². The molecule has 0 amide bonds. The van der Waals surface area contributed by atoms with E-state index in [0.717, 1.165) is 17.4 Å². The average Bonchev–Trinajstić information content (AvgIpc) is 1.85. The third-order valence-electron chi connectivity index (χ3n) is 1.16. The summed E-state index contributed by atoms with van der Waals surface area (Å²) in [6, 6.07) is 0.492. The highest BCUT2D eigenvalue weighted by Gasteiger charge is 1.96. The highest BCUT2D eigenvalue weighted by atomic mass is 79.9. The van der Waals surface area contributed by atoms with Gasteiger partial charge < -0.3 is 5.32 Å². The van der Waals surface area contributed by atoms with Gasteiger partial charge in [-0.05, 0) is 13.3 Å². The van der Waals surface area contributed by atoms with Crippen LogP contribution in [-0.4, -0.2) is 12.6 Å². The van der Waals surface area contributed by atoms with Crippen molar-refractivity contribution in [3.05, 3.63) is 23.7 Å². The molecule has 0 aliphatic rings. The van der Waals surface area contributed by atoms with Gasteiger partial charge >= 0.3 is 0 Å². The zero-order valence-corrected chi connectivity index (χ0v) is 7.95. The molecular formula is C8H14BrN. The molecule has 1 N–H and O–H groups in total. The van der Waals surface area contributed by atoms with Crippen molar-refractivity contribution in [3.63, 3.8) is 0 Å². The van der Waals surface area contributed by atoms with Crippen molar-refractivity contribution in [2.24, 2.45) is 0 Å². The maximum absolute atomic E-state index is 3.72. The van der Waals surface area contributed by atoms with Crippen molar-refractivity contribution in [2.75, 3.05) is 6.54 Å². The van der Waals surface area contributed by atoms with Crippen LogP contribution in [-0.2, 0) is 0 Å². The molecule has 58 valence electrons. The molecule has 0 aromatic heterocycles. The lowest BCUT2D eigenvalue weighted by Gasteiger charge is -2.09. The summed E-state index contributed by atoms with van der Waals surface area (Å²) < 4.78 is 0.989. The second-order valence-electron chi connectivity index (χ2n) is 2.32. The van der Waals surface area contributed by atoms with Crippen LogP contribution in [0.5, 0.6) is 0 Å². The van der Waals surface area contributed by atoms with E-state index in [4.69, 9.17) is 0 Å². The first-order valence-electron chi connectivity index (χ1n) is 3.34. The first-order valence-corrected chi connectivity index (χ1v) is 4.13. The third-order valence-corrected chi connectivity index (χ3v) is 1.44. The van der Waals surface area contributed by atoms with Crippen LogP contribution in [0.25, 0.3) is 0 Å². The van der Waals surface area contributed by atoms with Gasteiger partial charge in [-0.1, -0.05) is 28.6 Å². The molecule has 0 aliphatic heterocycles. The van der Waals surface area contributed by atoms with E-state index in [2.05, 4.69) is 41.3 Å². The van der Waals surface area contributed by atoms with E-state index in [0.29, 0.717) is 6.04 Å². The lowest BCUT2D eigenvalue weighted by Crippen LogP contribution is -2.26. The zero-order chi connectivity index (χ0) is 7.98. The minimum absolute atomic E-state index is 0.492. The van der Waals surface area contributed by atoms with Gasteiger partial charge in [-0.25, -0.2) is 0 Å². The number of hydrogen-bond donors (Lipinski definition) is 1. The molecule has 0 spiro atoms. The summed E-state index contributed by atoms with van der Waals surface area (Å²) in [5.74, 6) is 0. The quantitative estimate of drug-likeness (QED) is 0.678. The maximum Gasteiger partial charge on any atom is 0.0268 e. The number of rotatable bonds is 5. The third kappa shape index (κ3) is 6.05. The molecule has 1 nitrogen and oxygen atoms in total. The summed E-state index contributed by atoms with van der Waals surface area (Å²) in [4.78, 5) is 0. The minimum Gasteiger partial charge on any atom is -0.309 e. The summed E-state index contributed by atoms with van der Waals surface area (Å²) >= 11 is 3.27. The second-order valence-corrected chi connectivity index (χ2v) is 3.45. The predicted molar refractivity (Wildman–Crippen MR) is 50.3 cm³/mol. The van der Waals surface area contributed by atoms with Crippen LogP contribution in [0.3, 0.4) is 0 Å². The van der Waals surface area contributed by atoms with Gasteiger partial charge in [0.2, 0.25) is 0 Å². The summed E-state index contributed by atoms with van der Waals surface area (Å²) in [5, 5.41) is 3.27. The Morgan fingerprint density at radius 1 is 1.80 bits per heavy atom. The maximum atomic E-state index is 3.72. The van der Waals surface area contributed by atoms with Crippen LogP contribution in [0.15, 0.2) is 23.7 Å². The molecule has 1 unspecified atom stereocenters. The molecule has 0 saturated carbocycles. The van der Waals surface area contributed by atoms with E-state index in [1.165, 1.54) is 0 Å². The monoisotopic (exact) mass is 203 g/mol. The molecule has 0 aromatic rings. The smallest absolute Gasteiger partial charge is 0.0268 e. The first-order chi connectivity index (χ1) is 4.66. The van der Waals surface area contributed by atoms with Gasteiger partial charge in [-0.3, -0.25) is 0 Å². The fourth-order valence-electron chi connectivity index (χ4n) is 0.618. The van der Waals surface area contributed by atoms with Gasteiger partial charge in [-0.2, -0.15) is 0 Å². The molecule has 0 saturated heterocycles. The molecular weight excluding hydrogens is 190 g/mol. The fourth-order valence-corrected chi connectivity index (χ4v) is 0.780. The summed E-state index contributed by atoms with van der Waals surface area (Å²) in [6.07, 6.45) is 2.91. The van der Waals surface area contributed by atoms with Gasteiger partial charge in [0, 0.05) is 17.1 Å². The molecule has 10 heavy (non-hydrogen) atoms. The second kappa shape index (κ2) is 5.69. The highest BCUT2D eigenvalue weighted by Crippen LogP contribution is 1.99. The Hall–Kier alpha value is -0.0800. The fraction of sp³-hybridized carbons (Fsp3) is 0.500. The van der Waals surface area contributed by atoms with Crippen LogP contribution in [0.1, 0.15) is 13.3 Å². The Morgan fingerprint density at radius 2 is 2.40 bits per heavy atom. The molecule has 0 heterocycles. The van der Waals surface area contributed by atoms with E-state index in [1.54, 1.807) is 0 Å². The van der Waals surface area contributed by atoms with Crippen LogP contribution in [0, 0.1) is 0 Å². The molecule has 0 bridgehead atoms. The van der Waals surface area contributed by atoms with E-state index < -0.39 is 0 Å². The molecule has 2 heteroatoms. The number of nitrogens with one attached hydrogen (secondary N) is 1. The number of halogens is 1. The topological polar surface area (TPSA) is 12.0 Å². The van der Waals surface area contributed by atoms with Crippen molar-refractivity contribution < 1.29 is 0 Å². The Kier molecular flexibility index (Phi) is 5.64. The van der Waals surface area contributed by atoms with Crippen LogP contribution >= 0.6 is 15.9 Å². The Balaban J connectivity index is 3.29. The lowest BCUT2D eigenvalue weighted by atomic mass is 10.2. The Morgan fingerprint density at radius 3 is 2.80 bits per heavy atom. The molecule has 1 atom stereocenters. The van der Waals surface area contributed by atoms with Crippen LogP contribution in [0.2, 0.25) is 0 Å². The number of hydrogen-bond acceptors (Lipinski definition) is 1. The van der Waals surface area contributed by atoms with Gasteiger partial charge in [0.1, 0.15) is 0 Å². The molecule has 0 aliphatic carbocycles. The van der Waals surface area contributed by atoms with Crippen molar-refractivity contribution >= 4 is 15.9 Å². The molecule has 0 radical (unpaired) electrons. The largest absolute Gasteiger partial charge is 0.309 e. The predicted octanol–water partition coefficient (Wildman–Crippen LogP) is 2.45. The van der Waals surface area contributed by atoms with Crippen molar-refractivity contribution in [2.45, 2.75) is 19.4 Å². The summed E-state index contributed by atoms with van der Waals surface area (Å²) in [7, 11) is 0. The summed E-state index contributed by atoms with van der Waals surface area (Å²) in [6.45, 7) is 10.3. The zero-order valence-electron chi connectivity index (χ0n) is 6.36. The van der Waals surface area contributed by atoms with Crippen molar-refractivity contribution in [1.29, 1.82) is 0 Å². The van der Waals surface area contributed by atoms with E-state index >= 15 is 0 Å². The molecule has 0 fully saturated rings.